The standard InChI is InChI=1S/C19H18BrN3O3/c20-16-6-7-17(24)14(8-16)10-21-22-18(25)12-23-11-15(9-19(23)26)13-4-2-1-3-5-13/h1-8,10,15,24H,9,11-12H2,(H,22,25)/b21-10+. The number of aromatic hydroxyl groups is 1. The Morgan fingerprint density at radius 2 is 2.08 bits per heavy atom. The van der Waals surface area contributed by atoms with E-state index in [4.69, 9.17) is 0 Å². The zero-order valence-electron chi connectivity index (χ0n) is 13.9. The van der Waals surface area contributed by atoms with Crippen molar-refractivity contribution >= 4 is 34.0 Å². The van der Waals surface area contributed by atoms with Crippen LogP contribution in [0.4, 0.5) is 0 Å². The van der Waals surface area contributed by atoms with Gasteiger partial charge in [-0.15, -0.1) is 0 Å². The third-order valence-electron chi connectivity index (χ3n) is 4.20. The van der Waals surface area contributed by atoms with E-state index in [1.165, 1.54) is 12.3 Å². The van der Waals surface area contributed by atoms with E-state index in [2.05, 4.69) is 26.5 Å². The molecule has 6 nitrogen and oxygen atoms in total. The SMILES string of the molecule is O=C(CN1CC(c2ccccc2)CC1=O)N/N=C/c1cc(Br)ccc1O. The number of carbonyl (C=O) groups is 2. The highest BCUT2D eigenvalue weighted by molar-refractivity contribution is 9.10. The Hall–Kier alpha value is -2.67. The normalized spacial score (nSPS) is 17.0. The number of hydrogen-bond donors (Lipinski definition) is 2. The molecule has 0 radical (unpaired) electrons. The van der Waals surface area contributed by atoms with Crippen molar-refractivity contribution in [2.24, 2.45) is 5.10 Å². The number of phenolic OH excluding ortho intramolecular Hbond substituents is 1. The number of halogens is 1. The molecule has 26 heavy (non-hydrogen) atoms. The summed E-state index contributed by atoms with van der Waals surface area (Å²) in [5.74, 6) is -0.245. The number of nitrogens with zero attached hydrogens (tertiary/aromatic N) is 2. The Morgan fingerprint density at radius 3 is 2.85 bits per heavy atom. The van der Waals surface area contributed by atoms with Gasteiger partial charge in [0.1, 0.15) is 12.3 Å². The van der Waals surface area contributed by atoms with Gasteiger partial charge in [-0.25, -0.2) is 5.43 Å². The van der Waals surface area contributed by atoms with Crippen molar-refractivity contribution < 1.29 is 14.7 Å². The summed E-state index contributed by atoms with van der Waals surface area (Å²) in [6.07, 6.45) is 1.77. The number of rotatable bonds is 5. The zero-order chi connectivity index (χ0) is 18.5. The molecule has 2 amide bonds. The summed E-state index contributed by atoms with van der Waals surface area (Å²) in [4.78, 5) is 25.7. The molecular formula is C19H18BrN3O3. The maximum atomic E-state index is 12.1. The fraction of sp³-hybridized carbons (Fsp3) is 0.211. The molecule has 0 spiro atoms. The average molecular weight is 416 g/mol. The highest BCUT2D eigenvalue weighted by atomic mass is 79.9. The van der Waals surface area contributed by atoms with Gasteiger partial charge in [0, 0.05) is 28.9 Å². The first kappa shape index (κ1) is 18.1. The molecule has 1 aliphatic rings. The minimum atomic E-state index is -0.377. The van der Waals surface area contributed by atoms with E-state index in [0.29, 0.717) is 18.5 Å². The molecular weight excluding hydrogens is 398 g/mol. The lowest BCUT2D eigenvalue weighted by Gasteiger charge is -2.15. The number of nitrogens with one attached hydrogen (secondary N) is 1. The summed E-state index contributed by atoms with van der Waals surface area (Å²) in [7, 11) is 0. The zero-order valence-corrected chi connectivity index (χ0v) is 15.5. The molecule has 1 heterocycles. The van der Waals surface area contributed by atoms with Crippen LogP contribution in [0.3, 0.4) is 0 Å². The number of carbonyl (C=O) groups excluding carboxylic acids is 2. The number of phenols is 1. The smallest absolute Gasteiger partial charge is 0.259 e. The number of amides is 2. The first-order valence-electron chi connectivity index (χ1n) is 8.16. The minimum absolute atomic E-state index is 0.0377. The monoisotopic (exact) mass is 415 g/mol. The second-order valence-corrected chi connectivity index (χ2v) is 7.00. The van der Waals surface area contributed by atoms with Crippen LogP contribution in [0.25, 0.3) is 0 Å². The molecule has 0 bridgehead atoms. The quantitative estimate of drug-likeness (QED) is 0.581. The number of hydrogen-bond acceptors (Lipinski definition) is 4. The van der Waals surface area contributed by atoms with E-state index in [0.717, 1.165) is 10.0 Å². The van der Waals surface area contributed by atoms with Crippen molar-refractivity contribution in [2.75, 3.05) is 13.1 Å². The molecule has 1 unspecified atom stereocenters. The van der Waals surface area contributed by atoms with Gasteiger partial charge >= 0.3 is 0 Å². The third-order valence-corrected chi connectivity index (χ3v) is 4.70. The predicted molar refractivity (Wildman–Crippen MR) is 102 cm³/mol. The molecule has 7 heteroatoms. The van der Waals surface area contributed by atoms with Crippen LogP contribution >= 0.6 is 15.9 Å². The summed E-state index contributed by atoms with van der Waals surface area (Å²) in [6, 6.07) is 14.7. The van der Waals surface area contributed by atoms with Gasteiger partial charge in [-0.1, -0.05) is 46.3 Å². The second-order valence-electron chi connectivity index (χ2n) is 6.08. The lowest BCUT2D eigenvalue weighted by molar-refractivity contribution is -0.133. The largest absolute Gasteiger partial charge is 0.507 e. The van der Waals surface area contributed by atoms with E-state index in [1.807, 2.05) is 30.3 Å². The molecule has 3 rings (SSSR count). The van der Waals surface area contributed by atoms with E-state index < -0.39 is 0 Å². The summed E-state index contributed by atoms with van der Waals surface area (Å²) < 4.78 is 0.790. The Bertz CT molecular complexity index is 839. The Kier molecular flexibility index (Phi) is 5.68. The summed E-state index contributed by atoms with van der Waals surface area (Å²) >= 11 is 3.30. The van der Waals surface area contributed by atoms with Gasteiger partial charge in [0.05, 0.1) is 6.21 Å². The van der Waals surface area contributed by atoms with Crippen molar-refractivity contribution in [3.05, 3.63) is 64.1 Å². The van der Waals surface area contributed by atoms with Crippen LogP contribution in [-0.2, 0) is 9.59 Å². The lowest BCUT2D eigenvalue weighted by Crippen LogP contribution is -2.36. The molecule has 0 saturated carbocycles. The van der Waals surface area contributed by atoms with Crippen LogP contribution in [0.15, 0.2) is 58.1 Å². The molecule has 0 aromatic heterocycles. The third kappa shape index (κ3) is 4.49. The Morgan fingerprint density at radius 1 is 1.31 bits per heavy atom. The molecule has 2 aromatic rings. The van der Waals surface area contributed by atoms with Crippen molar-refractivity contribution in [2.45, 2.75) is 12.3 Å². The first-order chi connectivity index (χ1) is 12.5. The van der Waals surface area contributed by atoms with Gasteiger partial charge in [0.2, 0.25) is 5.91 Å². The van der Waals surface area contributed by atoms with E-state index in [1.54, 1.807) is 17.0 Å². The van der Waals surface area contributed by atoms with Crippen LogP contribution in [0.2, 0.25) is 0 Å². The van der Waals surface area contributed by atoms with Crippen LogP contribution in [0.5, 0.6) is 5.75 Å². The van der Waals surface area contributed by atoms with Crippen molar-refractivity contribution in [1.82, 2.24) is 10.3 Å². The Balaban J connectivity index is 1.54. The van der Waals surface area contributed by atoms with E-state index >= 15 is 0 Å². The second kappa shape index (κ2) is 8.14. The van der Waals surface area contributed by atoms with Crippen molar-refractivity contribution in [3.8, 4) is 5.75 Å². The summed E-state index contributed by atoms with van der Waals surface area (Å²) in [5.41, 5.74) is 3.97. The topological polar surface area (TPSA) is 82.0 Å². The molecule has 1 aliphatic heterocycles. The molecule has 0 aliphatic carbocycles. The highest BCUT2D eigenvalue weighted by Crippen LogP contribution is 2.27. The van der Waals surface area contributed by atoms with Gasteiger partial charge in [-0.3, -0.25) is 9.59 Å². The summed E-state index contributed by atoms with van der Waals surface area (Å²) in [5, 5.41) is 13.6. The van der Waals surface area contributed by atoms with Gasteiger partial charge < -0.3 is 10.0 Å². The van der Waals surface area contributed by atoms with Gasteiger partial charge in [-0.2, -0.15) is 5.10 Å². The fourth-order valence-corrected chi connectivity index (χ4v) is 3.26. The summed E-state index contributed by atoms with van der Waals surface area (Å²) in [6.45, 7) is 0.483. The van der Waals surface area contributed by atoms with Gasteiger partial charge in [-0.05, 0) is 23.8 Å². The van der Waals surface area contributed by atoms with E-state index in [-0.39, 0.29) is 30.0 Å². The molecule has 1 saturated heterocycles. The molecule has 1 atom stereocenters. The maximum Gasteiger partial charge on any atom is 0.259 e. The average Bonchev–Trinajstić information content (AvgIpc) is 2.99. The highest BCUT2D eigenvalue weighted by Gasteiger charge is 2.31. The number of likely N-dealkylation sites (tertiary alicyclic amines) is 1. The van der Waals surface area contributed by atoms with Crippen LogP contribution in [-0.4, -0.2) is 41.1 Å². The van der Waals surface area contributed by atoms with Crippen molar-refractivity contribution in [3.63, 3.8) is 0 Å². The molecule has 2 N–H and O–H groups in total. The van der Waals surface area contributed by atoms with Crippen molar-refractivity contribution in [1.29, 1.82) is 0 Å². The van der Waals surface area contributed by atoms with Gasteiger partial charge in [0.25, 0.3) is 5.91 Å². The predicted octanol–water partition coefficient (Wildman–Crippen LogP) is 2.62. The Labute approximate surface area is 159 Å². The van der Waals surface area contributed by atoms with E-state index in [9.17, 15) is 14.7 Å². The number of benzene rings is 2. The number of hydrazone groups is 1. The van der Waals surface area contributed by atoms with Crippen LogP contribution in [0, 0.1) is 0 Å². The van der Waals surface area contributed by atoms with Crippen LogP contribution in [0.1, 0.15) is 23.5 Å². The molecule has 134 valence electrons. The first-order valence-corrected chi connectivity index (χ1v) is 8.95. The lowest BCUT2D eigenvalue weighted by atomic mass is 9.99. The molecule has 1 fully saturated rings. The molecule has 2 aromatic carbocycles. The minimum Gasteiger partial charge on any atom is -0.507 e. The fourth-order valence-electron chi connectivity index (χ4n) is 2.88. The van der Waals surface area contributed by atoms with Gasteiger partial charge in [0.15, 0.2) is 0 Å². The maximum absolute atomic E-state index is 12.1. The van der Waals surface area contributed by atoms with Crippen LogP contribution < -0.4 is 5.43 Å².